The van der Waals surface area contributed by atoms with Crippen molar-refractivity contribution >= 4 is 11.3 Å². The molecule has 2 aliphatic rings. The lowest BCUT2D eigenvalue weighted by Crippen LogP contribution is -2.56. The number of hydrogen-bond acceptors (Lipinski definition) is 3. The Labute approximate surface area is 114 Å². The first-order valence-electron chi connectivity index (χ1n) is 7.14. The van der Waals surface area contributed by atoms with Crippen LogP contribution in [0.15, 0.2) is 17.5 Å². The van der Waals surface area contributed by atoms with E-state index in [1.165, 1.54) is 30.6 Å². The van der Waals surface area contributed by atoms with Gasteiger partial charge in [0.15, 0.2) is 0 Å². The van der Waals surface area contributed by atoms with Gasteiger partial charge in [-0.2, -0.15) is 0 Å². The van der Waals surface area contributed by atoms with Gasteiger partial charge in [0.2, 0.25) is 0 Å². The van der Waals surface area contributed by atoms with Crippen LogP contribution in [0.1, 0.15) is 43.5 Å². The average Bonchev–Trinajstić information content (AvgIpc) is 3.11. The van der Waals surface area contributed by atoms with Crippen LogP contribution in [0.5, 0.6) is 0 Å². The molecular weight excluding hydrogens is 240 g/mol. The van der Waals surface area contributed by atoms with Crippen LogP contribution in [-0.2, 0) is 0 Å². The minimum atomic E-state index is 0.270. The molecule has 4 atom stereocenters. The minimum absolute atomic E-state index is 0.270. The molecule has 100 valence electrons. The second-order valence-electron chi connectivity index (χ2n) is 6.19. The van der Waals surface area contributed by atoms with Crippen molar-refractivity contribution < 1.29 is 0 Å². The Bertz CT molecular complexity index is 403. The summed E-state index contributed by atoms with van der Waals surface area (Å²) in [6.45, 7) is 3.15. The smallest absolute Gasteiger partial charge is 0.0416 e. The third kappa shape index (κ3) is 1.75. The van der Waals surface area contributed by atoms with Crippen molar-refractivity contribution in [1.82, 2.24) is 4.90 Å². The van der Waals surface area contributed by atoms with Crippen LogP contribution in [-0.4, -0.2) is 24.0 Å². The lowest BCUT2D eigenvalue weighted by molar-refractivity contribution is 0.0351. The van der Waals surface area contributed by atoms with E-state index < -0.39 is 0 Å². The Morgan fingerprint density at radius 1 is 1.56 bits per heavy atom. The molecule has 0 aromatic carbocycles. The molecule has 1 heterocycles. The van der Waals surface area contributed by atoms with E-state index in [0.29, 0.717) is 6.04 Å². The summed E-state index contributed by atoms with van der Waals surface area (Å²) < 4.78 is 0. The molecular formula is C15H24N2S. The molecule has 0 spiro atoms. The van der Waals surface area contributed by atoms with Crippen molar-refractivity contribution in [3.8, 4) is 0 Å². The molecule has 0 amide bonds. The summed E-state index contributed by atoms with van der Waals surface area (Å²) in [6, 6.07) is 4.90. The standard InChI is InChI=1S/C15H24N2S/c1-11(14-4-3-7-18-14)17(2)15(10-16)9-12-5-6-13(15)8-12/h3-4,7,11-13H,5-6,8-10,16H2,1-2H3. The monoisotopic (exact) mass is 264 g/mol. The molecule has 2 nitrogen and oxygen atoms in total. The van der Waals surface area contributed by atoms with E-state index >= 15 is 0 Å². The van der Waals surface area contributed by atoms with Crippen molar-refractivity contribution in [2.24, 2.45) is 17.6 Å². The van der Waals surface area contributed by atoms with Gasteiger partial charge < -0.3 is 5.73 Å². The van der Waals surface area contributed by atoms with E-state index in [0.717, 1.165) is 18.4 Å². The Hall–Kier alpha value is -0.380. The quantitative estimate of drug-likeness (QED) is 0.904. The van der Waals surface area contributed by atoms with E-state index in [9.17, 15) is 0 Å². The molecule has 3 rings (SSSR count). The second kappa shape index (κ2) is 4.62. The van der Waals surface area contributed by atoms with Gasteiger partial charge in [-0.15, -0.1) is 11.3 Å². The topological polar surface area (TPSA) is 29.3 Å². The molecule has 2 aliphatic carbocycles. The highest BCUT2D eigenvalue weighted by molar-refractivity contribution is 7.10. The fourth-order valence-electron chi connectivity index (χ4n) is 4.35. The number of nitrogens with two attached hydrogens (primary N) is 1. The Kier molecular flexibility index (Phi) is 3.25. The molecule has 2 N–H and O–H groups in total. The lowest BCUT2D eigenvalue weighted by Gasteiger charge is -2.47. The van der Waals surface area contributed by atoms with Crippen molar-refractivity contribution in [2.75, 3.05) is 13.6 Å². The maximum atomic E-state index is 6.21. The van der Waals surface area contributed by atoms with Crippen LogP contribution in [0.2, 0.25) is 0 Å². The van der Waals surface area contributed by atoms with Gasteiger partial charge in [-0.25, -0.2) is 0 Å². The molecule has 0 saturated heterocycles. The molecule has 0 radical (unpaired) electrons. The first kappa shape index (κ1) is 12.6. The highest BCUT2D eigenvalue weighted by Crippen LogP contribution is 2.54. The summed E-state index contributed by atoms with van der Waals surface area (Å²) in [5.41, 5.74) is 6.48. The normalized spacial score (nSPS) is 36.4. The zero-order valence-corrected chi connectivity index (χ0v) is 12.2. The van der Waals surface area contributed by atoms with E-state index in [1.54, 1.807) is 0 Å². The van der Waals surface area contributed by atoms with Crippen molar-refractivity contribution in [3.05, 3.63) is 22.4 Å². The van der Waals surface area contributed by atoms with Crippen LogP contribution in [0.3, 0.4) is 0 Å². The molecule has 2 fully saturated rings. The zero-order chi connectivity index (χ0) is 12.8. The average molecular weight is 264 g/mol. The second-order valence-corrected chi connectivity index (χ2v) is 7.17. The molecule has 1 aromatic rings. The molecule has 3 heteroatoms. The summed E-state index contributed by atoms with van der Waals surface area (Å²) in [5.74, 6) is 1.77. The van der Waals surface area contributed by atoms with E-state index in [2.05, 4.69) is 36.4 Å². The highest BCUT2D eigenvalue weighted by atomic mass is 32.1. The summed E-state index contributed by atoms with van der Waals surface area (Å²) in [7, 11) is 2.29. The SMILES string of the molecule is CC(c1cccs1)N(C)C1(CN)CC2CCC1C2. The molecule has 2 saturated carbocycles. The predicted molar refractivity (Wildman–Crippen MR) is 77.7 cm³/mol. The van der Waals surface area contributed by atoms with Gasteiger partial charge >= 0.3 is 0 Å². The first-order valence-corrected chi connectivity index (χ1v) is 8.02. The summed E-state index contributed by atoms with van der Waals surface area (Å²) in [6.07, 6.45) is 5.57. The maximum Gasteiger partial charge on any atom is 0.0416 e. The number of nitrogens with zero attached hydrogens (tertiary/aromatic N) is 1. The van der Waals surface area contributed by atoms with E-state index in [4.69, 9.17) is 5.73 Å². The first-order chi connectivity index (χ1) is 8.67. The zero-order valence-electron chi connectivity index (χ0n) is 11.4. The number of likely N-dealkylation sites (N-methyl/N-ethyl adjacent to an activating group) is 1. The number of fused-ring (bicyclic) bond motifs is 2. The largest absolute Gasteiger partial charge is 0.329 e. The van der Waals surface area contributed by atoms with E-state index in [-0.39, 0.29) is 5.54 Å². The van der Waals surface area contributed by atoms with Crippen LogP contribution >= 0.6 is 11.3 Å². The van der Waals surface area contributed by atoms with Gasteiger partial charge in [0.05, 0.1) is 0 Å². The number of hydrogen-bond donors (Lipinski definition) is 1. The van der Waals surface area contributed by atoms with Gasteiger partial charge in [-0.05, 0) is 56.5 Å². The van der Waals surface area contributed by atoms with Crippen molar-refractivity contribution in [2.45, 2.75) is 44.2 Å². The van der Waals surface area contributed by atoms with Gasteiger partial charge in [0.25, 0.3) is 0 Å². The third-order valence-electron chi connectivity index (χ3n) is 5.54. The minimum Gasteiger partial charge on any atom is -0.329 e. The highest BCUT2D eigenvalue weighted by Gasteiger charge is 2.53. The van der Waals surface area contributed by atoms with Gasteiger partial charge in [-0.1, -0.05) is 12.5 Å². The van der Waals surface area contributed by atoms with Crippen molar-refractivity contribution in [1.29, 1.82) is 0 Å². The van der Waals surface area contributed by atoms with Crippen molar-refractivity contribution in [3.63, 3.8) is 0 Å². The fraction of sp³-hybridized carbons (Fsp3) is 0.733. The van der Waals surface area contributed by atoms with E-state index in [1.807, 2.05) is 11.3 Å². The number of thiophene rings is 1. The molecule has 4 unspecified atom stereocenters. The Morgan fingerprint density at radius 3 is 2.89 bits per heavy atom. The predicted octanol–water partition coefficient (Wildman–Crippen LogP) is 3.26. The Balaban J connectivity index is 1.84. The molecule has 0 aliphatic heterocycles. The van der Waals surface area contributed by atoms with Crippen LogP contribution in [0.4, 0.5) is 0 Å². The summed E-state index contributed by atoms with van der Waals surface area (Å²) in [4.78, 5) is 4.05. The fourth-order valence-corrected chi connectivity index (χ4v) is 5.17. The number of rotatable bonds is 4. The summed E-state index contributed by atoms with van der Waals surface area (Å²) in [5, 5.41) is 2.18. The third-order valence-corrected chi connectivity index (χ3v) is 6.58. The summed E-state index contributed by atoms with van der Waals surface area (Å²) >= 11 is 1.86. The Morgan fingerprint density at radius 2 is 2.39 bits per heavy atom. The van der Waals surface area contributed by atoms with Crippen LogP contribution in [0.25, 0.3) is 0 Å². The van der Waals surface area contributed by atoms with Gasteiger partial charge in [0, 0.05) is 23.0 Å². The molecule has 18 heavy (non-hydrogen) atoms. The maximum absolute atomic E-state index is 6.21. The lowest BCUT2D eigenvalue weighted by atomic mass is 9.79. The van der Waals surface area contributed by atoms with Crippen LogP contribution in [0, 0.1) is 11.8 Å². The van der Waals surface area contributed by atoms with Crippen LogP contribution < -0.4 is 5.73 Å². The molecule has 2 bridgehead atoms. The van der Waals surface area contributed by atoms with Gasteiger partial charge in [0.1, 0.15) is 0 Å². The van der Waals surface area contributed by atoms with Gasteiger partial charge in [-0.3, -0.25) is 4.90 Å². The molecule has 1 aromatic heterocycles.